The van der Waals surface area contributed by atoms with Crippen LogP contribution in [0.15, 0.2) is 64.3 Å². The topological polar surface area (TPSA) is 86.7 Å². The van der Waals surface area contributed by atoms with Gasteiger partial charge in [-0.3, -0.25) is 9.59 Å². The molecule has 0 aliphatic heterocycles. The number of methoxy groups -OCH3 is 1. The Kier molecular flexibility index (Phi) is 6.69. The summed E-state index contributed by atoms with van der Waals surface area (Å²) in [6.45, 7) is 2.25. The molecule has 3 rings (SSSR count). The van der Waals surface area contributed by atoms with Gasteiger partial charge in [-0.05, 0) is 48.2 Å². The molecule has 0 spiro atoms. The van der Waals surface area contributed by atoms with E-state index in [1.165, 1.54) is 18.2 Å². The zero-order valence-corrected chi connectivity index (χ0v) is 18.1. The van der Waals surface area contributed by atoms with Gasteiger partial charge in [0.2, 0.25) is 0 Å². The normalized spacial score (nSPS) is 11.7. The summed E-state index contributed by atoms with van der Waals surface area (Å²) in [4.78, 5) is 24.4. The highest BCUT2D eigenvalue weighted by molar-refractivity contribution is 7.92. The van der Waals surface area contributed by atoms with E-state index in [1.807, 2.05) is 6.92 Å². The third-order valence-electron chi connectivity index (χ3n) is 4.24. The fourth-order valence-corrected chi connectivity index (χ4v) is 5.31. The van der Waals surface area contributed by atoms with Crippen LogP contribution in [0, 0.1) is 0 Å². The molecule has 0 saturated carbocycles. The van der Waals surface area contributed by atoms with Crippen molar-refractivity contribution in [1.82, 2.24) is 0 Å². The summed E-state index contributed by atoms with van der Waals surface area (Å²) >= 11 is 0.802. The van der Waals surface area contributed by atoms with Crippen molar-refractivity contribution in [3.05, 3.63) is 69.7 Å². The standard InChI is InChI=1S/C22H20O6S2/c1-3-28-19-6-4-5-16-13-20(22(24)29-21(16)19)30(25,26)14-17(23)10-7-15-8-11-18(27-2)12-9-15/h4-13H,3,14H2,1-2H3. The Morgan fingerprint density at radius 3 is 2.53 bits per heavy atom. The third kappa shape index (κ3) is 4.95. The first-order valence-electron chi connectivity index (χ1n) is 9.11. The molecule has 6 nitrogen and oxygen atoms in total. The van der Waals surface area contributed by atoms with Crippen LogP contribution >= 0.6 is 11.3 Å². The summed E-state index contributed by atoms with van der Waals surface area (Å²) in [5, 5.41) is 0.574. The van der Waals surface area contributed by atoms with Crippen LogP contribution in [0.5, 0.6) is 11.5 Å². The molecule has 0 unspecified atom stereocenters. The van der Waals surface area contributed by atoms with Crippen molar-refractivity contribution in [3.8, 4) is 11.5 Å². The van der Waals surface area contributed by atoms with E-state index in [-0.39, 0.29) is 4.90 Å². The summed E-state index contributed by atoms with van der Waals surface area (Å²) in [6, 6.07) is 13.4. The summed E-state index contributed by atoms with van der Waals surface area (Å²) in [6.07, 6.45) is 2.72. The average Bonchev–Trinajstić information content (AvgIpc) is 2.72. The fourth-order valence-electron chi connectivity index (χ4n) is 2.80. The van der Waals surface area contributed by atoms with Crippen LogP contribution in [0.4, 0.5) is 0 Å². The van der Waals surface area contributed by atoms with Crippen molar-refractivity contribution in [2.45, 2.75) is 11.8 Å². The first-order valence-corrected chi connectivity index (χ1v) is 11.6. The predicted octanol–water partition coefficient (Wildman–Crippen LogP) is 3.73. The number of carbonyl (C=O) groups excluding carboxylic acids is 1. The fraction of sp³-hybridized carbons (Fsp3) is 0.182. The molecule has 30 heavy (non-hydrogen) atoms. The molecule has 0 aliphatic carbocycles. The molecule has 1 heterocycles. The van der Waals surface area contributed by atoms with Gasteiger partial charge >= 0.3 is 0 Å². The van der Waals surface area contributed by atoms with E-state index < -0.39 is 26.1 Å². The minimum Gasteiger partial charge on any atom is -0.497 e. The van der Waals surface area contributed by atoms with Crippen molar-refractivity contribution in [2.24, 2.45) is 0 Å². The van der Waals surface area contributed by atoms with E-state index >= 15 is 0 Å². The first-order chi connectivity index (χ1) is 14.3. The summed E-state index contributed by atoms with van der Waals surface area (Å²) in [5.74, 6) is -0.190. The largest absolute Gasteiger partial charge is 0.497 e. The van der Waals surface area contributed by atoms with Crippen LogP contribution in [-0.2, 0) is 14.6 Å². The van der Waals surface area contributed by atoms with Gasteiger partial charge < -0.3 is 9.47 Å². The molecular weight excluding hydrogens is 424 g/mol. The van der Waals surface area contributed by atoms with E-state index in [9.17, 15) is 18.0 Å². The molecule has 0 N–H and O–H groups in total. The zero-order valence-electron chi connectivity index (χ0n) is 16.5. The number of hydrogen-bond donors (Lipinski definition) is 0. The second-order valence-electron chi connectivity index (χ2n) is 6.34. The molecule has 0 amide bonds. The molecule has 156 valence electrons. The highest BCUT2D eigenvalue weighted by Gasteiger charge is 2.23. The molecule has 2 aromatic carbocycles. The Balaban J connectivity index is 1.84. The van der Waals surface area contributed by atoms with E-state index in [2.05, 4.69) is 0 Å². The highest BCUT2D eigenvalue weighted by Crippen LogP contribution is 2.29. The lowest BCUT2D eigenvalue weighted by atomic mass is 10.2. The Morgan fingerprint density at radius 1 is 1.13 bits per heavy atom. The van der Waals surface area contributed by atoms with Crippen molar-refractivity contribution < 1.29 is 22.7 Å². The van der Waals surface area contributed by atoms with Crippen LogP contribution in [-0.4, -0.2) is 33.7 Å². The second kappa shape index (κ2) is 9.23. The molecule has 0 radical (unpaired) electrons. The SMILES string of the molecule is CCOc1cccc2cc(S(=O)(=O)CC(=O)C=Cc3ccc(OC)cc3)c(=O)sc12. The Labute approximate surface area is 178 Å². The maximum atomic E-state index is 12.7. The lowest BCUT2D eigenvalue weighted by molar-refractivity contribution is -0.112. The van der Waals surface area contributed by atoms with Crippen LogP contribution in [0.3, 0.4) is 0 Å². The quantitative estimate of drug-likeness (QED) is 0.492. The van der Waals surface area contributed by atoms with Crippen molar-refractivity contribution >= 4 is 43.1 Å². The Morgan fingerprint density at radius 2 is 1.87 bits per heavy atom. The number of rotatable bonds is 8. The van der Waals surface area contributed by atoms with E-state index in [0.29, 0.717) is 28.2 Å². The van der Waals surface area contributed by atoms with Gasteiger partial charge in [0.15, 0.2) is 15.6 Å². The predicted molar refractivity (Wildman–Crippen MR) is 118 cm³/mol. The van der Waals surface area contributed by atoms with Gasteiger partial charge in [0.1, 0.15) is 22.1 Å². The highest BCUT2D eigenvalue weighted by atomic mass is 32.2. The number of hydrogen-bond acceptors (Lipinski definition) is 7. The average molecular weight is 445 g/mol. The van der Waals surface area contributed by atoms with E-state index in [1.54, 1.807) is 49.6 Å². The number of allylic oxidation sites excluding steroid dienone is 1. The first kappa shape index (κ1) is 21.7. The third-order valence-corrected chi connectivity index (χ3v) is 7.05. The van der Waals surface area contributed by atoms with Crippen molar-refractivity contribution in [3.63, 3.8) is 0 Å². The lowest BCUT2D eigenvalue weighted by Gasteiger charge is -2.08. The van der Waals surface area contributed by atoms with Gasteiger partial charge in [-0.2, -0.15) is 0 Å². The maximum absolute atomic E-state index is 12.7. The minimum absolute atomic E-state index is 0.375. The van der Waals surface area contributed by atoms with Crippen LogP contribution in [0.2, 0.25) is 0 Å². The van der Waals surface area contributed by atoms with Crippen LogP contribution < -0.4 is 14.2 Å². The van der Waals surface area contributed by atoms with Crippen LogP contribution in [0.1, 0.15) is 12.5 Å². The number of fused-ring (bicyclic) bond motifs is 1. The lowest BCUT2D eigenvalue weighted by Crippen LogP contribution is -2.20. The van der Waals surface area contributed by atoms with E-state index in [4.69, 9.17) is 9.47 Å². The Hall–Kier alpha value is -2.97. The smallest absolute Gasteiger partial charge is 0.251 e. The van der Waals surface area contributed by atoms with Gasteiger partial charge in [-0.15, -0.1) is 0 Å². The number of ketones is 1. The molecule has 0 aliphatic rings. The maximum Gasteiger partial charge on any atom is 0.251 e. The van der Waals surface area contributed by atoms with Gasteiger partial charge in [-0.1, -0.05) is 41.7 Å². The van der Waals surface area contributed by atoms with Crippen molar-refractivity contribution in [2.75, 3.05) is 19.5 Å². The number of carbonyl (C=O) groups is 1. The molecule has 8 heteroatoms. The monoisotopic (exact) mass is 444 g/mol. The Bertz CT molecular complexity index is 1260. The van der Waals surface area contributed by atoms with Gasteiger partial charge in [0, 0.05) is 0 Å². The molecule has 0 bridgehead atoms. The number of sulfone groups is 1. The molecule has 3 aromatic rings. The summed E-state index contributed by atoms with van der Waals surface area (Å²) in [7, 11) is -2.54. The molecule has 0 atom stereocenters. The van der Waals surface area contributed by atoms with Gasteiger partial charge in [0.25, 0.3) is 4.74 Å². The molecule has 0 fully saturated rings. The second-order valence-corrected chi connectivity index (χ2v) is 9.28. The molecule has 0 saturated heterocycles. The van der Waals surface area contributed by atoms with Gasteiger partial charge in [-0.25, -0.2) is 8.42 Å². The van der Waals surface area contributed by atoms with Crippen molar-refractivity contribution in [1.29, 1.82) is 0 Å². The number of ether oxygens (including phenoxy) is 2. The van der Waals surface area contributed by atoms with Gasteiger partial charge in [0.05, 0.1) is 18.4 Å². The number of benzene rings is 2. The molecular formula is C22H20O6S2. The summed E-state index contributed by atoms with van der Waals surface area (Å²) < 4.78 is 36.0. The summed E-state index contributed by atoms with van der Waals surface area (Å²) in [5.41, 5.74) is 0.724. The molecule has 1 aromatic heterocycles. The minimum atomic E-state index is -4.09. The van der Waals surface area contributed by atoms with Crippen LogP contribution in [0.25, 0.3) is 16.2 Å². The zero-order chi connectivity index (χ0) is 21.7. The van der Waals surface area contributed by atoms with E-state index in [0.717, 1.165) is 16.9 Å².